The molecule has 0 unspecified atom stereocenters. The highest BCUT2D eigenvalue weighted by Gasteiger charge is 2.44. The number of nitrogens with two attached hydrogens (primary N) is 1. The summed E-state index contributed by atoms with van der Waals surface area (Å²) in [5, 5.41) is 5.24. The second kappa shape index (κ2) is 9.03. The Balaban J connectivity index is 1.72. The fourth-order valence-corrected chi connectivity index (χ4v) is 5.15. The van der Waals surface area contributed by atoms with Crippen molar-refractivity contribution in [1.29, 1.82) is 0 Å². The maximum absolute atomic E-state index is 14.8. The molecule has 0 fully saturated rings. The Labute approximate surface area is 213 Å². The summed E-state index contributed by atoms with van der Waals surface area (Å²) < 4.78 is 53.6. The highest BCUT2D eigenvalue weighted by molar-refractivity contribution is 7.89. The van der Waals surface area contributed by atoms with Gasteiger partial charge in [0.1, 0.15) is 23.3 Å². The molecule has 2 aliphatic heterocycles. The highest BCUT2D eigenvalue weighted by Crippen LogP contribution is 2.38. The molecule has 2 N–H and O–H groups in total. The number of fused-ring (bicyclic) bond motifs is 3. The molecule has 37 heavy (non-hydrogen) atoms. The molecule has 194 valence electrons. The summed E-state index contributed by atoms with van der Waals surface area (Å²) in [6.07, 6.45) is 0. The van der Waals surface area contributed by atoms with Crippen molar-refractivity contribution in [3.8, 4) is 11.4 Å². The van der Waals surface area contributed by atoms with Crippen molar-refractivity contribution >= 4 is 27.7 Å². The predicted octanol–water partition coefficient (Wildman–Crippen LogP) is 3.20. The van der Waals surface area contributed by atoms with Crippen LogP contribution >= 0.6 is 0 Å². The van der Waals surface area contributed by atoms with Gasteiger partial charge in [0.25, 0.3) is 5.91 Å². The highest BCUT2D eigenvalue weighted by atomic mass is 32.2. The van der Waals surface area contributed by atoms with E-state index in [2.05, 4.69) is 18.8 Å². The van der Waals surface area contributed by atoms with E-state index in [0.717, 1.165) is 6.07 Å². The number of hydrogen-bond donors (Lipinski definition) is 1. The first-order valence-electron chi connectivity index (χ1n) is 11.8. The van der Waals surface area contributed by atoms with Crippen LogP contribution in [0.2, 0.25) is 0 Å². The number of nitrogens with zero attached hydrogens (tertiary/aromatic N) is 5. The molecule has 0 saturated carbocycles. The van der Waals surface area contributed by atoms with E-state index in [-0.39, 0.29) is 40.6 Å². The minimum atomic E-state index is -3.92. The van der Waals surface area contributed by atoms with E-state index in [9.17, 15) is 22.0 Å². The smallest absolute Gasteiger partial charge is 0.283 e. The maximum Gasteiger partial charge on any atom is 0.283 e. The number of primary sulfonamides is 1. The van der Waals surface area contributed by atoms with Crippen molar-refractivity contribution in [2.45, 2.75) is 38.3 Å². The lowest BCUT2D eigenvalue weighted by Crippen LogP contribution is -2.50. The number of sulfonamides is 1. The first kappa shape index (κ1) is 25.0. The van der Waals surface area contributed by atoms with Crippen LogP contribution < -0.4 is 10.0 Å². The van der Waals surface area contributed by atoms with Gasteiger partial charge in [-0.3, -0.25) is 14.6 Å². The number of hydrogen-bond acceptors (Lipinski definition) is 6. The van der Waals surface area contributed by atoms with Gasteiger partial charge in [-0.2, -0.15) is 0 Å². The molecular weight excluding hydrogens is 502 g/mol. The van der Waals surface area contributed by atoms with Gasteiger partial charge in [-0.15, -0.1) is 0 Å². The number of amides is 1. The molecule has 0 aliphatic carbocycles. The second-order valence-electron chi connectivity index (χ2n) is 9.40. The van der Waals surface area contributed by atoms with Crippen LogP contribution in [0.1, 0.15) is 36.8 Å². The molecule has 0 spiro atoms. The van der Waals surface area contributed by atoms with Crippen LogP contribution in [-0.2, 0) is 16.6 Å². The van der Waals surface area contributed by atoms with Crippen LogP contribution in [0, 0.1) is 17.6 Å². The molecule has 12 heteroatoms. The summed E-state index contributed by atoms with van der Waals surface area (Å²) in [5.41, 5.74) is 0.879. The summed E-state index contributed by atoms with van der Waals surface area (Å²) in [6, 6.07) is 9.02. The molecule has 0 saturated heterocycles. The number of benzene rings is 2. The third kappa shape index (κ3) is 4.29. The van der Waals surface area contributed by atoms with Crippen LogP contribution in [-0.4, -0.2) is 53.9 Å². The minimum Gasteiger partial charge on any atom is -0.305 e. The lowest BCUT2D eigenvalue weighted by molar-refractivity contribution is 0.0841. The van der Waals surface area contributed by atoms with Gasteiger partial charge in [0.05, 0.1) is 24.0 Å². The molecule has 1 atom stereocenters. The molecule has 3 heterocycles. The second-order valence-corrected chi connectivity index (χ2v) is 11.0. The largest absolute Gasteiger partial charge is 0.305 e. The van der Waals surface area contributed by atoms with E-state index < -0.39 is 21.7 Å². The number of aliphatic imine (C=N–C) groups is 1. The predicted molar refractivity (Wildman–Crippen MR) is 135 cm³/mol. The number of carbonyl (C=O) groups excluding carboxylic acids is 1. The maximum atomic E-state index is 14.8. The standard InChI is InChI=1S/C25H26F2N6O3S/c1-4-31-24(34)21-23(33-13-20(14(2)3)29-25(31)33)32(12-16-5-8-17(26)11-19(16)27)22(30-21)15-6-9-18(10-7-15)37(28,35)36/h5-11,14,20H,4,12-13H2,1-3H3,(H2,28,35,36)/t20-/m0/s1. The Morgan fingerprint density at radius 3 is 2.43 bits per heavy atom. The summed E-state index contributed by atoms with van der Waals surface area (Å²) in [5.74, 6) is -0.250. The molecule has 1 amide bonds. The minimum absolute atomic E-state index is 0.0454. The summed E-state index contributed by atoms with van der Waals surface area (Å²) in [6.45, 7) is 6.80. The Morgan fingerprint density at radius 2 is 1.84 bits per heavy atom. The van der Waals surface area contributed by atoms with Crippen LogP contribution in [0.25, 0.3) is 11.4 Å². The van der Waals surface area contributed by atoms with E-state index in [1.54, 1.807) is 9.47 Å². The molecule has 9 nitrogen and oxygen atoms in total. The summed E-state index contributed by atoms with van der Waals surface area (Å²) >= 11 is 0. The number of guanidine groups is 1. The quantitative estimate of drug-likeness (QED) is 0.528. The van der Waals surface area contributed by atoms with Crippen LogP contribution in [0.3, 0.4) is 0 Å². The third-order valence-corrected chi connectivity index (χ3v) is 7.58. The zero-order valence-electron chi connectivity index (χ0n) is 20.5. The SMILES string of the molecule is CCN1C(=O)c2nc(-c3ccc(S(N)(=O)=O)cc3)n(Cc3ccc(F)cc3F)c2N2C[C@@H](C(C)C)N=C12. The van der Waals surface area contributed by atoms with Crippen molar-refractivity contribution in [3.63, 3.8) is 0 Å². The number of carbonyl (C=O) groups is 1. The van der Waals surface area contributed by atoms with Gasteiger partial charge >= 0.3 is 0 Å². The first-order chi connectivity index (χ1) is 17.5. The third-order valence-electron chi connectivity index (χ3n) is 6.65. The molecule has 5 rings (SSSR count). The molecule has 0 bridgehead atoms. The van der Waals surface area contributed by atoms with Gasteiger partial charge in [0.15, 0.2) is 5.69 Å². The zero-order valence-corrected chi connectivity index (χ0v) is 21.3. The van der Waals surface area contributed by atoms with Crippen molar-refractivity contribution in [2.75, 3.05) is 18.0 Å². The lowest BCUT2D eigenvalue weighted by Gasteiger charge is -2.33. The monoisotopic (exact) mass is 528 g/mol. The number of anilines is 1. The number of halogens is 2. The van der Waals surface area contributed by atoms with E-state index in [1.165, 1.54) is 36.4 Å². The number of rotatable bonds is 6. The molecule has 1 aromatic heterocycles. The van der Waals surface area contributed by atoms with Crippen LogP contribution in [0.15, 0.2) is 52.4 Å². The van der Waals surface area contributed by atoms with Gasteiger partial charge in [0, 0.05) is 23.7 Å². The van der Waals surface area contributed by atoms with Crippen LogP contribution in [0.5, 0.6) is 0 Å². The van der Waals surface area contributed by atoms with Crippen molar-refractivity contribution in [3.05, 3.63) is 65.4 Å². The fourth-order valence-electron chi connectivity index (χ4n) is 4.63. The Bertz CT molecular complexity index is 1530. The average molecular weight is 529 g/mol. The van der Waals surface area contributed by atoms with E-state index in [0.29, 0.717) is 36.3 Å². The first-order valence-corrected chi connectivity index (χ1v) is 13.4. The van der Waals surface area contributed by atoms with E-state index in [4.69, 9.17) is 10.1 Å². The Hall–Kier alpha value is -3.64. The van der Waals surface area contributed by atoms with Crippen molar-refractivity contribution in [1.82, 2.24) is 14.5 Å². The molecular formula is C25H26F2N6O3S. The molecule has 2 aliphatic rings. The number of imidazole rings is 1. The van der Waals surface area contributed by atoms with Gasteiger partial charge in [-0.25, -0.2) is 32.3 Å². The summed E-state index contributed by atoms with van der Waals surface area (Å²) in [4.78, 5) is 26.4. The molecule has 2 aromatic carbocycles. The molecule has 3 aromatic rings. The lowest BCUT2D eigenvalue weighted by atomic mass is 10.1. The zero-order chi connectivity index (χ0) is 26.6. The van der Waals surface area contributed by atoms with Crippen molar-refractivity contribution < 1.29 is 22.0 Å². The van der Waals surface area contributed by atoms with Gasteiger partial charge in [0.2, 0.25) is 16.0 Å². The average Bonchev–Trinajstić information content (AvgIpc) is 3.43. The fraction of sp³-hybridized carbons (Fsp3) is 0.320. The summed E-state index contributed by atoms with van der Waals surface area (Å²) in [7, 11) is -3.92. The van der Waals surface area contributed by atoms with Gasteiger partial charge < -0.3 is 4.57 Å². The topological polar surface area (TPSA) is 114 Å². The normalized spacial score (nSPS) is 17.3. The molecule has 0 radical (unpaired) electrons. The Morgan fingerprint density at radius 1 is 1.14 bits per heavy atom. The van der Waals surface area contributed by atoms with E-state index in [1.807, 2.05) is 11.8 Å². The Kier molecular flexibility index (Phi) is 6.11. The van der Waals surface area contributed by atoms with Gasteiger partial charge in [-0.1, -0.05) is 19.9 Å². The van der Waals surface area contributed by atoms with Crippen LogP contribution in [0.4, 0.5) is 14.6 Å². The number of aromatic nitrogens is 2. The van der Waals surface area contributed by atoms with Gasteiger partial charge in [-0.05, 0) is 43.2 Å². The van der Waals surface area contributed by atoms with Crippen molar-refractivity contribution in [2.24, 2.45) is 16.0 Å². The van der Waals surface area contributed by atoms with E-state index >= 15 is 0 Å².